The molecule has 1 atom stereocenters. The Hall–Kier alpha value is -2.20. The van der Waals surface area contributed by atoms with Crippen molar-refractivity contribution in [2.45, 2.75) is 6.04 Å². The van der Waals surface area contributed by atoms with E-state index in [-0.39, 0.29) is 30.0 Å². The molecule has 0 aromatic heterocycles. The molecule has 0 aliphatic carbocycles. The molecule has 0 aliphatic rings. The van der Waals surface area contributed by atoms with Crippen LogP contribution in [0.3, 0.4) is 0 Å². The van der Waals surface area contributed by atoms with Gasteiger partial charge in [-0.15, -0.1) is 24.0 Å². The van der Waals surface area contributed by atoms with E-state index < -0.39 is 0 Å². The molecule has 1 unspecified atom stereocenters. The van der Waals surface area contributed by atoms with Gasteiger partial charge in [-0.3, -0.25) is 4.99 Å². The molecule has 0 amide bonds. The molecule has 0 bridgehead atoms. The van der Waals surface area contributed by atoms with E-state index in [4.69, 9.17) is 14.2 Å². The van der Waals surface area contributed by atoms with Crippen molar-refractivity contribution in [3.05, 3.63) is 48.0 Å². The van der Waals surface area contributed by atoms with E-state index in [1.165, 1.54) is 5.56 Å². The predicted octanol–water partition coefficient (Wildman–Crippen LogP) is 3.62. The molecule has 2 rings (SSSR count). The number of methoxy groups -OCH3 is 3. The number of hydrogen-bond acceptors (Lipinski definition) is 5. The maximum absolute atomic E-state index is 5.36. The SMILES string of the molecule is CN=C(NCC(c1cccc(OC)c1)N(C)C)Nc1ccc(OC)c(OC)c1.I. The highest BCUT2D eigenvalue weighted by Crippen LogP contribution is 2.29. The lowest BCUT2D eigenvalue weighted by atomic mass is 10.1. The normalized spacial score (nSPS) is 12.0. The number of nitrogens with one attached hydrogen (secondary N) is 2. The van der Waals surface area contributed by atoms with Gasteiger partial charge in [0.25, 0.3) is 0 Å². The summed E-state index contributed by atoms with van der Waals surface area (Å²) in [4.78, 5) is 6.48. The Bertz CT molecular complexity index is 799. The highest BCUT2D eigenvalue weighted by atomic mass is 127. The van der Waals surface area contributed by atoms with Crippen LogP contribution >= 0.6 is 24.0 Å². The van der Waals surface area contributed by atoms with Gasteiger partial charge in [0.05, 0.1) is 27.4 Å². The van der Waals surface area contributed by atoms with Crippen LogP contribution in [0, 0.1) is 0 Å². The van der Waals surface area contributed by atoms with E-state index in [0.717, 1.165) is 11.4 Å². The molecule has 0 spiro atoms. The van der Waals surface area contributed by atoms with Gasteiger partial charge in [-0.25, -0.2) is 0 Å². The zero-order valence-electron chi connectivity index (χ0n) is 17.9. The number of guanidine groups is 1. The first-order valence-electron chi connectivity index (χ1n) is 9.02. The summed E-state index contributed by atoms with van der Waals surface area (Å²) in [5.74, 6) is 2.85. The molecule has 0 fully saturated rings. The Balaban J connectivity index is 0.00000420. The Labute approximate surface area is 190 Å². The zero-order valence-corrected chi connectivity index (χ0v) is 20.2. The first kappa shape index (κ1) is 24.8. The second-order valence-corrected chi connectivity index (χ2v) is 6.40. The average molecular weight is 514 g/mol. The summed E-state index contributed by atoms with van der Waals surface area (Å²) in [6.45, 7) is 0.674. The van der Waals surface area contributed by atoms with Gasteiger partial charge in [0.15, 0.2) is 17.5 Å². The Morgan fingerprint density at radius 3 is 2.31 bits per heavy atom. The lowest BCUT2D eigenvalue weighted by molar-refractivity contribution is 0.297. The van der Waals surface area contributed by atoms with Crippen molar-refractivity contribution in [1.29, 1.82) is 0 Å². The van der Waals surface area contributed by atoms with Crippen molar-refractivity contribution in [3.8, 4) is 17.2 Å². The predicted molar refractivity (Wildman–Crippen MR) is 129 cm³/mol. The van der Waals surface area contributed by atoms with Crippen molar-refractivity contribution < 1.29 is 14.2 Å². The molecule has 7 nitrogen and oxygen atoms in total. The lowest BCUT2D eigenvalue weighted by Crippen LogP contribution is -2.38. The molecule has 0 saturated heterocycles. The smallest absolute Gasteiger partial charge is 0.195 e. The second kappa shape index (κ2) is 12.4. The van der Waals surface area contributed by atoms with E-state index in [1.807, 2.05) is 30.3 Å². The molecule has 2 N–H and O–H groups in total. The summed E-state index contributed by atoms with van der Waals surface area (Å²) in [6, 6.07) is 13.9. The maximum atomic E-state index is 5.36. The van der Waals surface area contributed by atoms with E-state index in [1.54, 1.807) is 28.4 Å². The number of halogens is 1. The van der Waals surface area contributed by atoms with E-state index in [2.05, 4.69) is 46.8 Å². The van der Waals surface area contributed by atoms with Crippen LogP contribution in [0.2, 0.25) is 0 Å². The van der Waals surface area contributed by atoms with Crippen LogP contribution in [0.4, 0.5) is 5.69 Å². The van der Waals surface area contributed by atoms with Gasteiger partial charge in [-0.05, 0) is 43.9 Å². The highest BCUT2D eigenvalue weighted by Gasteiger charge is 2.16. The summed E-state index contributed by atoms with van der Waals surface area (Å²) in [6.07, 6.45) is 0. The topological polar surface area (TPSA) is 67.4 Å². The van der Waals surface area contributed by atoms with Crippen molar-refractivity contribution in [1.82, 2.24) is 10.2 Å². The zero-order chi connectivity index (χ0) is 20.5. The number of aliphatic imine (C=N–C) groups is 1. The maximum Gasteiger partial charge on any atom is 0.195 e. The summed E-state index contributed by atoms with van der Waals surface area (Å²) in [7, 11) is 10.8. The number of anilines is 1. The van der Waals surface area contributed by atoms with Crippen LogP contribution in [0.1, 0.15) is 11.6 Å². The summed E-state index contributed by atoms with van der Waals surface area (Å²) in [5.41, 5.74) is 2.02. The third kappa shape index (κ3) is 6.97. The minimum absolute atomic E-state index is 0. The Kier molecular flexibility index (Phi) is 10.6. The molecule has 8 heteroatoms. The number of benzene rings is 2. The molecule has 0 aliphatic heterocycles. The standard InChI is InChI=1S/C21H30N4O3.HI/c1-22-21(24-16-10-11-19(27-5)20(13-16)28-6)23-14-18(25(2)3)15-8-7-9-17(12-15)26-4;/h7-13,18H,14H2,1-6H3,(H2,22,23,24);1H. The van der Waals surface area contributed by atoms with Gasteiger partial charge in [-0.2, -0.15) is 0 Å². The number of likely N-dealkylation sites (N-methyl/N-ethyl adjacent to an activating group) is 1. The van der Waals surface area contributed by atoms with Crippen molar-refractivity contribution in [2.75, 3.05) is 54.3 Å². The van der Waals surface area contributed by atoms with Gasteiger partial charge in [0.2, 0.25) is 0 Å². The van der Waals surface area contributed by atoms with Gasteiger partial charge < -0.3 is 29.7 Å². The van der Waals surface area contributed by atoms with Crippen LogP contribution in [-0.2, 0) is 0 Å². The molecule has 2 aromatic carbocycles. The largest absolute Gasteiger partial charge is 0.497 e. The molecule has 29 heavy (non-hydrogen) atoms. The lowest BCUT2D eigenvalue weighted by Gasteiger charge is -2.26. The monoisotopic (exact) mass is 514 g/mol. The van der Waals surface area contributed by atoms with Crippen LogP contribution in [-0.4, -0.2) is 59.9 Å². The van der Waals surface area contributed by atoms with Crippen molar-refractivity contribution in [2.24, 2.45) is 4.99 Å². The molecular formula is C21H31IN4O3. The number of ether oxygens (including phenoxy) is 3. The number of rotatable bonds is 8. The third-order valence-corrected chi connectivity index (χ3v) is 4.43. The quantitative estimate of drug-likeness (QED) is 0.319. The Morgan fingerprint density at radius 2 is 1.72 bits per heavy atom. The fourth-order valence-corrected chi connectivity index (χ4v) is 2.87. The first-order chi connectivity index (χ1) is 13.5. The first-order valence-corrected chi connectivity index (χ1v) is 9.02. The van der Waals surface area contributed by atoms with Gasteiger partial charge >= 0.3 is 0 Å². The summed E-state index contributed by atoms with van der Waals surface area (Å²) < 4.78 is 16.0. The van der Waals surface area contributed by atoms with Gasteiger partial charge in [0.1, 0.15) is 5.75 Å². The van der Waals surface area contributed by atoms with Crippen LogP contribution < -0.4 is 24.8 Å². The van der Waals surface area contributed by atoms with Crippen molar-refractivity contribution in [3.63, 3.8) is 0 Å². The van der Waals surface area contributed by atoms with Crippen molar-refractivity contribution >= 4 is 35.6 Å². The minimum atomic E-state index is 0. The molecule has 160 valence electrons. The molecule has 0 heterocycles. The van der Waals surface area contributed by atoms with E-state index in [9.17, 15) is 0 Å². The average Bonchev–Trinajstić information content (AvgIpc) is 2.72. The van der Waals surface area contributed by atoms with Crippen LogP contribution in [0.25, 0.3) is 0 Å². The Morgan fingerprint density at radius 1 is 1.00 bits per heavy atom. The number of nitrogens with zero attached hydrogens (tertiary/aromatic N) is 2. The van der Waals surface area contributed by atoms with Crippen LogP contribution in [0.15, 0.2) is 47.5 Å². The van der Waals surface area contributed by atoms with Gasteiger partial charge in [-0.1, -0.05) is 12.1 Å². The van der Waals surface area contributed by atoms with Gasteiger partial charge in [0, 0.05) is 25.3 Å². The summed E-state index contributed by atoms with van der Waals surface area (Å²) in [5, 5.41) is 6.67. The molecule has 2 aromatic rings. The second-order valence-electron chi connectivity index (χ2n) is 6.40. The highest BCUT2D eigenvalue weighted by molar-refractivity contribution is 14.0. The minimum Gasteiger partial charge on any atom is -0.497 e. The molecule has 0 radical (unpaired) electrons. The number of hydrogen-bond donors (Lipinski definition) is 2. The summed E-state index contributed by atoms with van der Waals surface area (Å²) >= 11 is 0. The molecule has 0 saturated carbocycles. The molecular weight excluding hydrogens is 483 g/mol. The third-order valence-electron chi connectivity index (χ3n) is 4.43. The van der Waals surface area contributed by atoms with E-state index in [0.29, 0.717) is 24.0 Å². The fraction of sp³-hybridized carbons (Fsp3) is 0.381. The van der Waals surface area contributed by atoms with E-state index >= 15 is 0 Å². The fourth-order valence-electron chi connectivity index (χ4n) is 2.87. The van der Waals surface area contributed by atoms with Crippen LogP contribution in [0.5, 0.6) is 17.2 Å².